The number of aromatic nitrogens is 3. The molecule has 0 radical (unpaired) electrons. The Morgan fingerprint density at radius 1 is 1.59 bits per heavy atom. The van der Waals surface area contributed by atoms with Gasteiger partial charge in [-0.15, -0.1) is 0 Å². The van der Waals surface area contributed by atoms with Gasteiger partial charge in [0.2, 0.25) is 0 Å². The van der Waals surface area contributed by atoms with E-state index in [0.717, 1.165) is 24.4 Å². The summed E-state index contributed by atoms with van der Waals surface area (Å²) in [6, 6.07) is 1.97. The first-order valence-electron chi connectivity index (χ1n) is 5.51. The van der Waals surface area contributed by atoms with Crippen molar-refractivity contribution in [2.24, 2.45) is 7.05 Å². The summed E-state index contributed by atoms with van der Waals surface area (Å²) < 4.78 is 6.89. The fourth-order valence-electron chi connectivity index (χ4n) is 1.78. The van der Waals surface area contributed by atoms with Crippen molar-refractivity contribution in [3.05, 3.63) is 35.3 Å². The van der Waals surface area contributed by atoms with E-state index in [0.29, 0.717) is 5.22 Å². The molecule has 0 fully saturated rings. The maximum absolute atomic E-state index is 6.00. The molecule has 0 amide bonds. The van der Waals surface area contributed by atoms with Crippen molar-refractivity contribution in [2.75, 3.05) is 6.54 Å². The standard InChI is InChI=1S/C11H15ClN4O/c1-3-13-9(8-4-5-17-11(8)12)6-10-14-7-15-16(10)2/h4-5,7,9,13H,3,6H2,1-2H3. The van der Waals surface area contributed by atoms with E-state index < -0.39 is 0 Å². The summed E-state index contributed by atoms with van der Waals surface area (Å²) in [6.07, 6.45) is 3.87. The van der Waals surface area contributed by atoms with Gasteiger partial charge < -0.3 is 9.73 Å². The lowest BCUT2D eigenvalue weighted by Gasteiger charge is -2.16. The van der Waals surface area contributed by atoms with Gasteiger partial charge in [0.05, 0.1) is 6.26 Å². The molecule has 0 aliphatic heterocycles. The van der Waals surface area contributed by atoms with Crippen LogP contribution in [0.1, 0.15) is 24.4 Å². The van der Waals surface area contributed by atoms with Crippen LogP contribution in [0.5, 0.6) is 0 Å². The molecule has 0 saturated carbocycles. The van der Waals surface area contributed by atoms with Gasteiger partial charge in [0.1, 0.15) is 12.2 Å². The van der Waals surface area contributed by atoms with Crippen LogP contribution >= 0.6 is 11.6 Å². The maximum atomic E-state index is 6.00. The summed E-state index contributed by atoms with van der Waals surface area (Å²) >= 11 is 6.00. The molecule has 92 valence electrons. The molecule has 2 heterocycles. The monoisotopic (exact) mass is 254 g/mol. The minimum Gasteiger partial charge on any atom is -0.453 e. The highest BCUT2D eigenvalue weighted by atomic mass is 35.5. The molecule has 1 unspecified atom stereocenters. The van der Waals surface area contributed by atoms with E-state index in [4.69, 9.17) is 16.0 Å². The number of likely N-dealkylation sites (N-methyl/N-ethyl adjacent to an activating group) is 1. The number of rotatable bonds is 5. The Morgan fingerprint density at radius 2 is 2.41 bits per heavy atom. The second-order valence-electron chi connectivity index (χ2n) is 3.76. The molecule has 0 bridgehead atoms. The van der Waals surface area contributed by atoms with Gasteiger partial charge in [-0.05, 0) is 24.2 Å². The van der Waals surface area contributed by atoms with Crippen molar-refractivity contribution in [1.29, 1.82) is 0 Å². The molecular formula is C11H15ClN4O. The van der Waals surface area contributed by atoms with E-state index in [1.807, 2.05) is 13.1 Å². The van der Waals surface area contributed by atoms with E-state index in [1.54, 1.807) is 17.3 Å². The van der Waals surface area contributed by atoms with Crippen LogP contribution in [0.15, 0.2) is 23.1 Å². The van der Waals surface area contributed by atoms with Gasteiger partial charge in [0.15, 0.2) is 5.22 Å². The first kappa shape index (κ1) is 12.1. The third kappa shape index (κ3) is 2.68. The van der Waals surface area contributed by atoms with Crippen LogP contribution in [0.3, 0.4) is 0 Å². The number of nitrogens with one attached hydrogen (secondary N) is 1. The molecule has 0 aliphatic carbocycles. The molecule has 6 heteroatoms. The zero-order valence-corrected chi connectivity index (χ0v) is 10.6. The average Bonchev–Trinajstić information content (AvgIpc) is 2.88. The average molecular weight is 255 g/mol. The molecule has 0 aliphatic rings. The predicted octanol–water partition coefficient (Wildman–Crippen LogP) is 1.95. The zero-order valence-electron chi connectivity index (χ0n) is 9.85. The normalized spacial score (nSPS) is 12.9. The number of hydrogen-bond donors (Lipinski definition) is 1. The summed E-state index contributed by atoms with van der Waals surface area (Å²) in [4.78, 5) is 4.22. The van der Waals surface area contributed by atoms with Crippen molar-refractivity contribution in [3.8, 4) is 0 Å². The van der Waals surface area contributed by atoms with Crippen LogP contribution in [0.4, 0.5) is 0 Å². The minimum atomic E-state index is 0.0918. The molecule has 5 nitrogen and oxygen atoms in total. The first-order valence-corrected chi connectivity index (χ1v) is 5.89. The molecule has 2 aromatic heterocycles. The molecule has 1 atom stereocenters. The van der Waals surface area contributed by atoms with E-state index in [1.165, 1.54) is 0 Å². The SMILES string of the molecule is CCNC(Cc1ncnn1C)c1ccoc1Cl. The van der Waals surface area contributed by atoms with E-state index >= 15 is 0 Å². The number of nitrogens with zero attached hydrogens (tertiary/aromatic N) is 3. The van der Waals surface area contributed by atoms with Crippen molar-refractivity contribution in [2.45, 2.75) is 19.4 Å². The Kier molecular flexibility index (Phi) is 3.81. The number of furan rings is 1. The van der Waals surface area contributed by atoms with Gasteiger partial charge in [0.25, 0.3) is 0 Å². The molecular weight excluding hydrogens is 240 g/mol. The van der Waals surface area contributed by atoms with Gasteiger partial charge in [0, 0.05) is 25.1 Å². The second kappa shape index (κ2) is 5.33. The van der Waals surface area contributed by atoms with Gasteiger partial charge in [-0.1, -0.05) is 6.92 Å². The lowest BCUT2D eigenvalue weighted by molar-refractivity contribution is 0.508. The van der Waals surface area contributed by atoms with Crippen LogP contribution in [0.25, 0.3) is 0 Å². The molecule has 0 spiro atoms. The molecule has 0 aromatic carbocycles. The molecule has 17 heavy (non-hydrogen) atoms. The highest BCUT2D eigenvalue weighted by Crippen LogP contribution is 2.26. The fraction of sp³-hybridized carbons (Fsp3) is 0.455. The molecule has 2 aromatic rings. The van der Waals surface area contributed by atoms with Gasteiger partial charge in [-0.3, -0.25) is 4.68 Å². The Labute approximate surface area is 105 Å². The van der Waals surface area contributed by atoms with Crippen molar-refractivity contribution >= 4 is 11.6 Å². The Balaban J connectivity index is 2.19. The molecule has 0 saturated heterocycles. The van der Waals surface area contributed by atoms with Gasteiger partial charge in [-0.2, -0.15) is 5.10 Å². The van der Waals surface area contributed by atoms with E-state index in [-0.39, 0.29) is 6.04 Å². The summed E-state index contributed by atoms with van der Waals surface area (Å²) in [5.41, 5.74) is 0.955. The van der Waals surface area contributed by atoms with Crippen molar-refractivity contribution in [3.63, 3.8) is 0 Å². The second-order valence-corrected chi connectivity index (χ2v) is 4.11. The Hall–Kier alpha value is -1.33. The van der Waals surface area contributed by atoms with Crippen LogP contribution in [-0.2, 0) is 13.5 Å². The summed E-state index contributed by atoms with van der Waals surface area (Å²) in [6.45, 7) is 2.90. The highest BCUT2D eigenvalue weighted by Gasteiger charge is 2.18. The smallest absolute Gasteiger partial charge is 0.197 e. The third-order valence-electron chi connectivity index (χ3n) is 2.66. The predicted molar refractivity (Wildman–Crippen MR) is 64.8 cm³/mol. The topological polar surface area (TPSA) is 55.9 Å². The van der Waals surface area contributed by atoms with E-state index in [9.17, 15) is 0 Å². The van der Waals surface area contributed by atoms with Crippen LogP contribution in [0, 0.1) is 0 Å². The fourth-order valence-corrected chi connectivity index (χ4v) is 2.03. The summed E-state index contributed by atoms with van der Waals surface area (Å²) in [5, 5.41) is 7.85. The van der Waals surface area contributed by atoms with E-state index in [2.05, 4.69) is 22.3 Å². The number of halogens is 1. The molecule has 2 rings (SSSR count). The van der Waals surface area contributed by atoms with Crippen LogP contribution in [0.2, 0.25) is 5.22 Å². The highest BCUT2D eigenvalue weighted by molar-refractivity contribution is 6.29. The van der Waals surface area contributed by atoms with Crippen molar-refractivity contribution < 1.29 is 4.42 Å². The molecule has 1 N–H and O–H groups in total. The van der Waals surface area contributed by atoms with Gasteiger partial charge >= 0.3 is 0 Å². The summed E-state index contributed by atoms with van der Waals surface area (Å²) in [5.74, 6) is 0.910. The Bertz CT molecular complexity index is 479. The lowest BCUT2D eigenvalue weighted by Crippen LogP contribution is -2.24. The quantitative estimate of drug-likeness (QED) is 0.886. The number of aryl methyl sites for hydroxylation is 1. The Morgan fingerprint density at radius 3 is 2.94 bits per heavy atom. The van der Waals surface area contributed by atoms with Gasteiger partial charge in [-0.25, -0.2) is 4.98 Å². The van der Waals surface area contributed by atoms with Crippen LogP contribution < -0.4 is 5.32 Å². The first-order chi connectivity index (χ1) is 8.22. The zero-order chi connectivity index (χ0) is 12.3. The summed E-state index contributed by atoms with van der Waals surface area (Å²) in [7, 11) is 1.88. The largest absolute Gasteiger partial charge is 0.453 e. The van der Waals surface area contributed by atoms with Crippen LogP contribution in [-0.4, -0.2) is 21.3 Å². The van der Waals surface area contributed by atoms with Crippen molar-refractivity contribution in [1.82, 2.24) is 20.1 Å². The lowest BCUT2D eigenvalue weighted by atomic mass is 10.1. The third-order valence-corrected chi connectivity index (χ3v) is 2.97. The number of hydrogen-bond acceptors (Lipinski definition) is 4. The maximum Gasteiger partial charge on any atom is 0.197 e. The minimum absolute atomic E-state index is 0.0918.